The van der Waals surface area contributed by atoms with Crippen molar-refractivity contribution < 1.29 is 14.3 Å². The maximum Gasteiger partial charge on any atom is 0.257 e. The first-order valence-corrected chi connectivity index (χ1v) is 7.26. The Labute approximate surface area is 125 Å². The van der Waals surface area contributed by atoms with E-state index in [1.807, 2.05) is 13.8 Å². The van der Waals surface area contributed by atoms with Crippen molar-refractivity contribution in [2.24, 2.45) is 0 Å². The molecule has 3 rings (SSSR count). The molecule has 0 aliphatic carbocycles. The van der Waals surface area contributed by atoms with Gasteiger partial charge in [0.05, 0.1) is 12.0 Å². The van der Waals surface area contributed by atoms with Gasteiger partial charge in [0.1, 0.15) is 16.9 Å². The van der Waals surface area contributed by atoms with Crippen LogP contribution in [0.4, 0.5) is 5.13 Å². The molecule has 2 heterocycles. The molecule has 0 saturated carbocycles. The average molecular weight is 303 g/mol. The molecule has 0 unspecified atom stereocenters. The fourth-order valence-electron chi connectivity index (χ4n) is 2.19. The Morgan fingerprint density at radius 3 is 2.95 bits per heavy atom. The summed E-state index contributed by atoms with van der Waals surface area (Å²) in [4.78, 5) is 24.3. The van der Waals surface area contributed by atoms with E-state index in [2.05, 4.69) is 15.5 Å². The molecular formula is C14H13N3O3S. The van der Waals surface area contributed by atoms with E-state index in [0.29, 0.717) is 28.4 Å². The Morgan fingerprint density at radius 2 is 2.24 bits per heavy atom. The van der Waals surface area contributed by atoms with Crippen LogP contribution in [0.3, 0.4) is 0 Å². The van der Waals surface area contributed by atoms with Crippen LogP contribution in [-0.2, 0) is 0 Å². The van der Waals surface area contributed by atoms with Crippen LogP contribution in [0.1, 0.15) is 41.0 Å². The van der Waals surface area contributed by atoms with Gasteiger partial charge in [-0.3, -0.25) is 14.9 Å². The van der Waals surface area contributed by atoms with Crippen molar-refractivity contribution in [1.29, 1.82) is 0 Å². The van der Waals surface area contributed by atoms with Gasteiger partial charge in [-0.2, -0.15) is 0 Å². The number of carbonyl (C=O) groups excluding carboxylic acids is 2. The number of amides is 1. The highest BCUT2D eigenvalue weighted by Gasteiger charge is 2.32. The Kier molecular flexibility index (Phi) is 3.21. The van der Waals surface area contributed by atoms with Crippen LogP contribution >= 0.6 is 11.3 Å². The quantitative estimate of drug-likeness (QED) is 0.922. The van der Waals surface area contributed by atoms with Gasteiger partial charge in [-0.15, -0.1) is 10.2 Å². The summed E-state index contributed by atoms with van der Waals surface area (Å²) in [6, 6.07) is 4.84. The molecule has 0 radical (unpaired) electrons. The topological polar surface area (TPSA) is 81.2 Å². The number of fused-ring (bicyclic) bond motifs is 1. The van der Waals surface area contributed by atoms with Crippen LogP contribution in [0.25, 0.3) is 0 Å². The molecule has 0 spiro atoms. The second-order valence-electron chi connectivity index (χ2n) is 5.37. The highest BCUT2D eigenvalue weighted by atomic mass is 32.1. The smallest absolute Gasteiger partial charge is 0.257 e. The number of anilines is 1. The lowest BCUT2D eigenvalue weighted by Gasteiger charge is -2.31. The minimum atomic E-state index is -0.513. The number of rotatable bonds is 2. The summed E-state index contributed by atoms with van der Waals surface area (Å²) in [7, 11) is 0. The van der Waals surface area contributed by atoms with Crippen LogP contribution in [0.5, 0.6) is 5.75 Å². The van der Waals surface area contributed by atoms with Crippen LogP contribution in [0.15, 0.2) is 23.7 Å². The lowest BCUT2D eigenvalue weighted by Crippen LogP contribution is -2.36. The van der Waals surface area contributed by atoms with E-state index in [1.165, 1.54) is 16.8 Å². The third-order valence-electron chi connectivity index (χ3n) is 3.10. The lowest BCUT2D eigenvalue weighted by molar-refractivity contribution is 0.0620. The van der Waals surface area contributed by atoms with Gasteiger partial charge >= 0.3 is 0 Å². The molecule has 1 aromatic carbocycles. The van der Waals surface area contributed by atoms with Gasteiger partial charge < -0.3 is 4.74 Å². The van der Waals surface area contributed by atoms with Crippen molar-refractivity contribution in [3.05, 3.63) is 34.8 Å². The zero-order chi connectivity index (χ0) is 15.0. The molecule has 1 N–H and O–H groups in total. The number of carbonyl (C=O) groups is 2. The Balaban J connectivity index is 1.88. The summed E-state index contributed by atoms with van der Waals surface area (Å²) >= 11 is 1.23. The number of nitrogens with one attached hydrogen (secondary N) is 1. The average Bonchev–Trinajstić information content (AvgIpc) is 2.90. The van der Waals surface area contributed by atoms with Gasteiger partial charge in [0.15, 0.2) is 5.78 Å². The van der Waals surface area contributed by atoms with Gasteiger partial charge in [-0.1, -0.05) is 11.3 Å². The summed E-state index contributed by atoms with van der Waals surface area (Å²) < 4.78 is 5.76. The predicted octanol–water partition coefficient (Wildman–Crippen LogP) is 2.53. The number of hydrogen-bond donors (Lipinski definition) is 1. The summed E-state index contributed by atoms with van der Waals surface area (Å²) in [5.74, 6) is 0.169. The summed E-state index contributed by atoms with van der Waals surface area (Å²) in [6.07, 6.45) is 0.293. The first-order chi connectivity index (χ1) is 9.94. The standard InChI is InChI=1S/C14H13N3O3S/c1-14(2)6-10(18)9-5-8(3-4-11(9)20-14)12(19)16-13-17-15-7-21-13/h3-5,7H,6H2,1-2H3,(H,16,17,19). The zero-order valence-electron chi connectivity index (χ0n) is 11.5. The van der Waals surface area contributed by atoms with Crippen molar-refractivity contribution in [3.63, 3.8) is 0 Å². The minimum Gasteiger partial charge on any atom is -0.487 e. The Bertz CT molecular complexity index is 710. The highest BCUT2D eigenvalue weighted by Crippen LogP contribution is 2.33. The van der Waals surface area contributed by atoms with Crippen molar-refractivity contribution >= 4 is 28.2 Å². The molecule has 2 aromatic rings. The van der Waals surface area contributed by atoms with E-state index in [4.69, 9.17) is 4.74 Å². The van der Waals surface area contributed by atoms with E-state index in [9.17, 15) is 9.59 Å². The largest absolute Gasteiger partial charge is 0.487 e. The number of benzene rings is 1. The van der Waals surface area contributed by atoms with E-state index < -0.39 is 5.60 Å². The lowest BCUT2D eigenvalue weighted by atomic mass is 9.92. The zero-order valence-corrected chi connectivity index (χ0v) is 12.4. The van der Waals surface area contributed by atoms with Crippen molar-refractivity contribution in [2.75, 3.05) is 5.32 Å². The van der Waals surface area contributed by atoms with Gasteiger partial charge in [-0.05, 0) is 32.0 Å². The first-order valence-electron chi connectivity index (χ1n) is 6.38. The van der Waals surface area contributed by atoms with E-state index in [-0.39, 0.29) is 11.7 Å². The summed E-state index contributed by atoms with van der Waals surface area (Å²) in [6.45, 7) is 3.73. The minimum absolute atomic E-state index is 0.0215. The third kappa shape index (κ3) is 2.78. The van der Waals surface area contributed by atoms with E-state index >= 15 is 0 Å². The van der Waals surface area contributed by atoms with Crippen LogP contribution in [0, 0.1) is 0 Å². The van der Waals surface area contributed by atoms with Crippen molar-refractivity contribution in [2.45, 2.75) is 25.9 Å². The predicted molar refractivity (Wildman–Crippen MR) is 78.0 cm³/mol. The van der Waals surface area contributed by atoms with Crippen LogP contribution < -0.4 is 10.1 Å². The normalized spacial score (nSPS) is 16.0. The number of Topliss-reactive ketones (excluding diaryl/α,β-unsaturated/α-hetero) is 1. The summed E-state index contributed by atoms with van der Waals surface area (Å²) in [5, 5.41) is 10.4. The van der Waals surface area contributed by atoms with Gasteiger partial charge in [0, 0.05) is 5.56 Å². The molecule has 1 aromatic heterocycles. The number of aromatic nitrogens is 2. The molecule has 1 aliphatic rings. The number of nitrogens with zero attached hydrogens (tertiary/aromatic N) is 2. The Morgan fingerprint density at radius 1 is 1.43 bits per heavy atom. The first kappa shape index (κ1) is 13.7. The van der Waals surface area contributed by atoms with E-state index in [0.717, 1.165) is 0 Å². The second-order valence-corrected chi connectivity index (χ2v) is 6.20. The fourth-order valence-corrected chi connectivity index (χ4v) is 2.63. The van der Waals surface area contributed by atoms with E-state index in [1.54, 1.807) is 18.2 Å². The molecule has 0 saturated heterocycles. The number of hydrogen-bond acceptors (Lipinski definition) is 6. The molecule has 21 heavy (non-hydrogen) atoms. The molecule has 7 heteroatoms. The van der Waals surface area contributed by atoms with Gasteiger partial charge in [-0.25, -0.2) is 0 Å². The fraction of sp³-hybridized carbons (Fsp3) is 0.286. The molecule has 0 bridgehead atoms. The molecule has 0 atom stereocenters. The SMILES string of the molecule is CC1(C)CC(=O)c2cc(C(=O)Nc3nncs3)ccc2O1. The van der Waals surface area contributed by atoms with Crippen LogP contribution in [0.2, 0.25) is 0 Å². The molecular weight excluding hydrogens is 290 g/mol. The summed E-state index contributed by atoms with van der Waals surface area (Å²) in [5.41, 5.74) is 1.85. The van der Waals surface area contributed by atoms with Gasteiger partial charge in [0.25, 0.3) is 5.91 Å². The monoisotopic (exact) mass is 303 g/mol. The van der Waals surface area contributed by atoms with Gasteiger partial charge in [0.2, 0.25) is 5.13 Å². The molecule has 0 fully saturated rings. The van der Waals surface area contributed by atoms with Crippen molar-refractivity contribution in [1.82, 2.24) is 10.2 Å². The number of ketones is 1. The maximum atomic E-state index is 12.2. The molecule has 1 amide bonds. The van der Waals surface area contributed by atoms with Crippen molar-refractivity contribution in [3.8, 4) is 5.75 Å². The Hall–Kier alpha value is -2.28. The third-order valence-corrected chi connectivity index (χ3v) is 3.70. The molecule has 108 valence electrons. The second kappa shape index (κ2) is 4.92. The maximum absolute atomic E-state index is 12.2. The molecule has 6 nitrogen and oxygen atoms in total. The molecule has 1 aliphatic heterocycles. The highest BCUT2D eigenvalue weighted by molar-refractivity contribution is 7.13. The van der Waals surface area contributed by atoms with Crippen LogP contribution in [-0.4, -0.2) is 27.5 Å². The number of ether oxygens (including phenoxy) is 1.